The topological polar surface area (TPSA) is 88.1 Å². The van der Waals surface area contributed by atoms with E-state index in [4.69, 9.17) is 4.74 Å². The van der Waals surface area contributed by atoms with Crippen molar-refractivity contribution in [3.63, 3.8) is 0 Å². The molecule has 7 nitrogen and oxygen atoms in total. The predicted molar refractivity (Wildman–Crippen MR) is 98.1 cm³/mol. The largest absolute Gasteiger partial charge is 0.497 e. The molecule has 0 saturated carbocycles. The lowest BCUT2D eigenvalue weighted by molar-refractivity contribution is 0.415. The van der Waals surface area contributed by atoms with Gasteiger partial charge in [-0.1, -0.05) is 18.2 Å². The lowest BCUT2D eigenvalue weighted by Crippen LogP contribution is -1.99. The number of aromatic amines is 1. The van der Waals surface area contributed by atoms with Gasteiger partial charge in [-0.3, -0.25) is 0 Å². The third-order valence-electron chi connectivity index (χ3n) is 3.95. The summed E-state index contributed by atoms with van der Waals surface area (Å²) in [6.07, 6.45) is 1.68. The highest BCUT2D eigenvalue weighted by Crippen LogP contribution is 2.24. The smallest absolute Gasteiger partial charge is 0.265 e. The number of para-hydroxylation sites is 1. The monoisotopic (exact) mass is 332 g/mol. The van der Waals surface area contributed by atoms with Gasteiger partial charge in [-0.05, 0) is 42.3 Å². The molecule has 4 aromatic rings. The summed E-state index contributed by atoms with van der Waals surface area (Å²) >= 11 is 0. The maximum atomic E-state index is 5.13. The molecule has 2 N–H and O–H groups in total. The number of nitrogens with zero attached hydrogens (tertiary/aromatic N) is 4. The Kier molecular flexibility index (Phi) is 3.74. The van der Waals surface area contributed by atoms with Crippen LogP contribution in [0.4, 0.5) is 5.95 Å². The van der Waals surface area contributed by atoms with Gasteiger partial charge in [-0.25, -0.2) is 5.43 Å². The molecule has 0 radical (unpaired) electrons. The van der Waals surface area contributed by atoms with Crippen molar-refractivity contribution >= 4 is 34.2 Å². The van der Waals surface area contributed by atoms with Gasteiger partial charge in [0.15, 0.2) is 5.65 Å². The molecule has 2 aromatic carbocycles. The van der Waals surface area contributed by atoms with Gasteiger partial charge in [0.05, 0.1) is 18.8 Å². The highest BCUT2D eigenvalue weighted by atomic mass is 16.5. The lowest BCUT2D eigenvalue weighted by Gasteiger charge is -1.99. The van der Waals surface area contributed by atoms with Crippen LogP contribution in [0.2, 0.25) is 0 Å². The summed E-state index contributed by atoms with van der Waals surface area (Å²) < 4.78 is 5.13. The fourth-order valence-corrected chi connectivity index (χ4v) is 2.65. The zero-order chi connectivity index (χ0) is 17.2. The molecule has 0 saturated heterocycles. The summed E-state index contributed by atoms with van der Waals surface area (Å²) in [7, 11) is 1.64. The van der Waals surface area contributed by atoms with Gasteiger partial charge in [0.25, 0.3) is 5.95 Å². The molecule has 4 rings (SSSR count). The zero-order valence-electron chi connectivity index (χ0n) is 13.8. The van der Waals surface area contributed by atoms with E-state index in [2.05, 4.69) is 30.7 Å². The van der Waals surface area contributed by atoms with E-state index in [0.717, 1.165) is 33.3 Å². The molecule has 0 aliphatic rings. The zero-order valence-corrected chi connectivity index (χ0v) is 13.8. The van der Waals surface area contributed by atoms with Gasteiger partial charge in [0.1, 0.15) is 11.3 Å². The number of fused-ring (bicyclic) bond motifs is 3. The van der Waals surface area contributed by atoms with Crippen LogP contribution in [0.3, 0.4) is 0 Å². The Hall–Kier alpha value is -3.48. The Balaban J connectivity index is 1.58. The molecule has 25 heavy (non-hydrogen) atoms. The Morgan fingerprint density at radius 2 is 1.96 bits per heavy atom. The van der Waals surface area contributed by atoms with Crippen LogP contribution in [0.15, 0.2) is 47.6 Å². The van der Waals surface area contributed by atoms with Gasteiger partial charge < -0.3 is 9.72 Å². The van der Waals surface area contributed by atoms with E-state index in [1.807, 2.05) is 49.4 Å². The van der Waals surface area contributed by atoms with Gasteiger partial charge in [-0.15, -0.1) is 10.2 Å². The first kappa shape index (κ1) is 15.1. The molecule has 0 bridgehead atoms. The minimum Gasteiger partial charge on any atom is -0.497 e. The fourth-order valence-electron chi connectivity index (χ4n) is 2.65. The van der Waals surface area contributed by atoms with E-state index < -0.39 is 0 Å². The Labute approximate surface area is 143 Å². The van der Waals surface area contributed by atoms with Crippen molar-refractivity contribution < 1.29 is 4.74 Å². The number of hydrogen-bond donors (Lipinski definition) is 2. The van der Waals surface area contributed by atoms with E-state index >= 15 is 0 Å². The summed E-state index contributed by atoms with van der Waals surface area (Å²) in [6.45, 7) is 2.05. The second kappa shape index (κ2) is 6.20. The Morgan fingerprint density at radius 3 is 2.76 bits per heavy atom. The van der Waals surface area contributed by atoms with Crippen molar-refractivity contribution in [3.8, 4) is 5.75 Å². The molecule has 124 valence electrons. The molecule has 2 aromatic heterocycles. The van der Waals surface area contributed by atoms with Crippen LogP contribution in [0.5, 0.6) is 5.75 Å². The third-order valence-corrected chi connectivity index (χ3v) is 3.95. The number of nitrogens with one attached hydrogen (secondary N) is 2. The van der Waals surface area contributed by atoms with E-state index in [1.165, 1.54) is 0 Å². The number of anilines is 1. The van der Waals surface area contributed by atoms with Crippen LogP contribution in [0.1, 0.15) is 11.1 Å². The summed E-state index contributed by atoms with van der Waals surface area (Å²) in [5.41, 5.74) is 7.34. The molecule has 0 unspecified atom stereocenters. The standard InChI is InChI=1S/C18H16N6O/c1-11-4-3-5-14-15(11)20-17-16(14)22-24-18(21-17)23-19-10-12-6-8-13(25-2)9-7-12/h3-10H,1-2H3,(H2,20,21,23,24). The van der Waals surface area contributed by atoms with E-state index in [0.29, 0.717) is 11.6 Å². The molecule has 0 spiro atoms. The van der Waals surface area contributed by atoms with Crippen LogP contribution in [-0.2, 0) is 0 Å². The number of ether oxygens (including phenoxy) is 1. The second-order valence-electron chi connectivity index (χ2n) is 5.60. The highest BCUT2D eigenvalue weighted by molar-refractivity contribution is 6.04. The van der Waals surface area contributed by atoms with Gasteiger partial charge in [-0.2, -0.15) is 10.1 Å². The van der Waals surface area contributed by atoms with Crippen molar-refractivity contribution in [1.82, 2.24) is 20.2 Å². The normalized spacial score (nSPS) is 11.4. The average Bonchev–Trinajstić information content (AvgIpc) is 3.02. The molecule has 0 aliphatic carbocycles. The number of methoxy groups -OCH3 is 1. The molecule has 0 amide bonds. The Bertz CT molecular complexity index is 1070. The first-order valence-corrected chi connectivity index (χ1v) is 7.79. The Morgan fingerprint density at radius 1 is 1.12 bits per heavy atom. The first-order chi connectivity index (χ1) is 12.2. The summed E-state index contributed by atoms with van der Waals surface area (Å²) in [5.74, 6) is 1.14. The number of aryl methyl sites for hydroxylation is 1. The van der Waals surface area contributed by atoms with Crippen LogP contribution in [-0.4, -0.2) is 33.5 Å². The van der Waals surface area contributed by atoms with Crippen LogP contribution < -0.4 is 10.2 Å². The molecular formula is C18H16N6O. The van der Waals surface area contributed by atoms with Gasteiger partial charge >= 0.3 is 0 Å². The van der Waals surface area contributed by atoms with Crippen molar-refractivity contribution in [2.24, 2.45) is 5.10 Å². The van der Waals surface area contributed by atoms with E-state index in [1.54, 1.807) is 13.3 Å². The average molecular weight is 332 g/mol. The van der Waals surface area contributed by atoms with Crippen LogP contribution >= 0.6 is 0 Å². The number of H-pyrrole nitrogens is 1. The number of benzene rings is 2. The fraction of sp³-hybridized carbons (Fsp3) is 0.111. The van der Waals surface area contributed by atoms with Crippen molar-refractivity contribution in [3.05, 3.63) is 53.6 Å². The van der Waals surface area contributed by atoms with Crippen molar-refractivity contribution in [2.75, 3.05) is 12.5 Å². The molecule has 7 heteroatoms. The number of hydrazone groups is 1. The third kappa shape index (κ3) is 2.87. The van der Waals surface area contributed by atoms with Crippen LogP contribution in [0, 0.1) is 6.92 Å². The maximum absolute atomic E-state index is 5.13. The molecule has 2 heterocycles. The van der Waals surface area contributed by atoms with Gasteiger partial charge in [0, 0.05) is 5.39 Å². The minimum atomic E-state index is 0.335. The summed E-state index contributed by atoms with van der Waals surface area (Å²) in [5, 5.41) is 13.5. The van der Waals surface area contributed by atoms with Crippen molar-refractivity contribution in [2.45, 2.75) is 6.92 Å². The molecule has 0 aliphatic heterocycles. The predicted octanol–water partition coefficient (Wildman–Crippen LogP) is 3.27. The highest BCUT2D eigenvalue weighted by Gasteiger charge is 2.09. The second-order valence-corrected chi connectivity index (χ2v) is 5.60. The van der Waals surface area contributed by atoms with Crippen molar-refractivity contribution in [1.29, 1.82) is 0 Å². The minimum absolute atomic E-state index is 0.335. The van der Waals surface area contributed by atoms with E-state index in [9.17, 15) is 0 Å². The van der Waals surface area contributed by atoms with Crippen LogP contribution in [0.25, 0.3) is 22.1 Å². The number of hydrogen-bond acceptors (Lipinski definition) is 6. The number of aromatic nitrogens is 4. The number of rotatable bonds is 4. The summed E-state index contributed by atoms with van der Waals surface area (Å²) in [4.78, 5) is 7.73. The SMILES string of the molecule is COc1ccc(C=NNc2nnc3c(n2)[nH]c2c(C)cccc23)cc1. The first-order valence-electron chi connectivity index (χ1n) is 7.79. The molecular weight excluding hydrogens is 316 g/mol. The molecule has 0 atom stereocenters. The quantitative estimate of drug-likeness (QED) is 0.442. The summed E-state index contributed by atoms with van der Waals surface area (Å²) in [6, 6.07) is 13.6. The van der Waals surface area contributed by atoms with Gasteiger partial charge in [0.2, 0.25) is 0 Å². The lowest BCUT2D eigenvalue weighted by atomic mass is 10.1. The maximum Gasteiger partial charge on any atom is 0.265 e. The molecule has 0 fully saturated rings. The van der Waals surface area contributed by atoms with E-state index in [-0.39, 0.29) is 0 Å².